The molecule has 3 aliphatic rings. The Labute approximate surface area is 190 Å². The second kappa shape index (κ2) is 9.50. The van der Waals surface area contributed by atoms with Gasteiger partial charge in [-0.15, -0.1) is 5.48 Å². The van der Waals surface area contributed by atoms with Gasteiger partial charge in [0.1, 0.15) is 11.6 Å². The maximum atomic E-state index is 11.7. The van der Waals surface area contributed by atoms with E-state index in [9.17, 15) is 8.42 Å². The lowest BCUT2D eigenvalue weighted by atomic mass is 9.94. The van der Waals surface area contributed by atoms with Crippen LogP contribution in [0.5, 0.6) is 5.75 Å². The second-order valence-corrected chi connectivity index (χ2v) is 11.1. The molecular formula is C21H34N6O4S. The second-order valence-electron chi connectivity index (χ2n) is 9.08. The van der Waals surface area contributed by atoms with E-state index in [4.69, 9.17) is 9.57 Å². The number of pyridine rings is 1. The van der Waals surface area contributed by atoms with Crippen LogP contribution in [-0.2, 0) is 14.9 Å². The van der Waals surface area contributed by atoms with Crippen molar-refractivity contribution < 1.29 is 18.0 Å². The van der Waals surface area contributed by atoms with Crippen LogP contribution in [0.4, 0.5) is 5.82 Å². The number of ether oxygens (including phenoxy) is 1. The first-order valence-corrected chi connectivity index (χ1v) is 13.1. The quantitative estimate of drug-likeness (QED) is 0.638. The normalized spacial score (nSPS) is 25.9. The van der Waals surface area contributed by atoms with Crippen LogP contribution >= 0.6 is 0 Å². The molecule has 10 nitrogen and oxygen atoms in total. The Balaban J connectivity index is 1.23. The minimum absolute atomic E-state index is 0.299. The van der Waals surface area contributed by atoms with Gasteiger partial charge < -0.3 is 14.5 Å². The summed E-state index contributed by atoms with van der Waals surface area (Å²) in [7, 11) is -3.13. The number of nitrogens with zero attached hydrogens (tertiary/aromatic N) is 5. The zero-order valence-electron chi connectivity index (χ0n) is 19.1. The van der Waals surface area contributed by atoms with E-state index in [1.165, 1.54) is 17.0 Å². The van der Waals surface area contributed by atoms with Crippen LogP contribution < -0.4 is 15.1 Å². The number of anilines is 1. The van der Waals surface area contributed by atoms with Crippen LogP contribution in [-0.4, -0.2) is 86.9 Å². The molecule has 1 unspecified atom stereocenters. The molecule has 0 saturated carbocycles. The van der Waals surface area contributed by atoms with E-state index in [2.05, 4.69) is 39.1 Å². The molecule has 0 spiro atoms. The highest BCUT2D eigenvalue weighted by Crippen LogP contribution is 2.31. The first-order chi connectivity index (χ1) is 15.3. The number of piperidine rings is 1. The third kappa shape index (κ3) is 5.00. The fraction of sp³-hybridized carbons (Fsp3) is 0.714. The van der Waals surface area contributed by atoms with Crippen LogP contribution in [0.15, 0.2) is 23.3 Å². The topological polar surface area (TPSA) is 99.6 Å². The number of likely N-dealkylation sites (tertiary alicyclic amines) is 1. The van der Waals surface area contributed by atoms with E-state index in [0.717, 1.165) is 37.5 Å². The fourth-order valence-corrected chi connectivity index (χ4v) is 5.40. The third-order valence-electron chi connectivity index (χ3n) is 6.65. The molecule has 0 bridgehead atoms. The smallest absolute Gasteiger partial charge is 0.211 e. The average Bonchev–Trinajstić information content (AvgIpc) is 3.29. The summed E-state index contributed by atoms with van der Waals surface area (Å²) < 4.78 is 30.9. The van der Waals surface area contributed by atoms with Gasteiger partial charge in [-0.25, -0.2) is 18.4 Å². The SMILES string of the molecule is CC(C)C1(N2CCC(COc3ccc(N4CCN(S(C)(=O)=O)CC4)nc3)CC2)N=CON1. The lowest BCUT2D eigenvalue weighted by molar-refractivity contribution is -0.0580. The van der Waals surface area contributed by atoms with Crippen molar-refractivity contribution in [2.75, 3.05) is 57.0 Å². The predicted octanol–water partition coefficient (Wildman–Crippen LogP) is 1.13. The van der Waals surface area contributed by atoms with Gasteiger partial charge in [0, 0.05) is 45.2 Å². The average molecular weight is 467 g/mol. The first-order valence-electron chi connectivity index (χ1n) is 11.3. The van der Waals surface area contributed by atoms with Crippen LogP contribution in [0.2, 0.25) is 0 Å². The summed E-state index contributed by atoms with van der Waals surface area (Å²) >= 11 is 0. The number of hydrogen-bond acceptors (Lipinski definition) is 9. The Bertz CT molecular complexity index is 893. The van der Waals surface area contributed by atoms with E-state index in [0.29, 0.717) is 44.6 Å². The highest BCUT2D eigenvalue weighted by Gasteiger charge is 2.44. The molecule has 3 aliphatic heterocycles. The number of rotatable bonds is 7. The maximum Gasteiger partial charge on any atom is 0.211 e. The Hall–Kier alpha value is -1.95. The Kier molecular flexibility index (Phi) is 6.89. The van der Waals surface area contributed by atoms with E-state index >= 15 is 0 Å². The number of hydroxylamine groups is 1. The van der Waals surface area contributed by atoms with Gasteiger partial charge in [0.05, 0.1) is 19.1 Å². The molecule has 178 valence electrons. The van der Waals surface area contributed by atoms with Crippen molar-refractivity contribution in [1.29, 1.82) is 0 Å². The minimum Gasteiger partial charge on any atom is -0.492 e. The molecular weight excluding hydrogens is 432 g/mol. The van der Waals surface area contributed by atoms with Crippen LogP contribution in [0.1, 0.15) is 26.7 Å². The summed E-state index contributed by atoms with van der Waals surface area (Å²) in [5, 5.41) is 0. The summed E-state index contributed by atoms with van der Waals surface area (Å²) in [4.78, 5) is 18.8. The summed E-state index contributed by atoms with van der Waals surface area (Å²) in [5.74, 6) is 1.95. The molecule has 1 N–H and O–H groups in total. The molecule has 1 aromatic heterocycles. The number of hydrogen-bond donors (Lipinski definition) is 1. The van der Waals surface area contributed by atoms with Crippen molar-refractivity contribution in [3.63, 3.8) is 0 Å². The van der Waals surface area contributed by atoms with Crippen molar-refractivity contribution in [3.8, 4) is 5.75 Å². The molecule has 32 heavy (non-hydrogen) atoms. The van der Waals surface area contributed by atoms with Crippen molar-refractivity contribution in [2.45, 2.75) is 32.5 Å². The van der Waals surface area contributed by atoms with Gasteiger partial charge in [0.2, 0.25) is 15.8 Å². The van der Waals surface area contributed by atoms with E-state index < -0.39 is 15.8 Å². The summed E-state index contributed by atoms with van der Waals surface area (Å²) in [6.07, 6.45) is 6.60. The Morgan fingerprint density at radius 1 is 1.19 bits per heavy atom. The number of nitrogens with one attached hydrogen (secondary N) is 1. The van der Waals surface area contributed by atoms with E-state index in [1.54, 1.807) is 6.20 Å². The standard InChI is InChI=1S/C21H34N6O4S/c1-17(2)21(23-16-31-24-21)26-8-6-18(7-9-26)15-30-19-4-5-20(22-14-19)25-10-12-27(13-11-25)32(3,28)29/h4-5,14,16-18,24H,6-13,15H2,1-3H3. The van der Waals surface area contributed by atoms with Crippen molar-refractivity contribution in [2.24, 2.45) is 16.8 Å². The lowest BCUT2D eigenvalue weighted by Gasteiger charge is -2.43. The van der Waals surface area contributed by atoms with Gasteiger partial charge in [0.15, 0.2) is 6.40 Å². The molecule has 4 heterocycles. The zero-order valence-corrected chi connectivity index (χ0v) is 19.9. The number of aromatic nitrogens is 1. The third-order valence-corrected chi connectivity index (χ3v) is 7.95. The molecule has 1 aromatic rings. The molecule has 1 atom stereocenters. The zero-order chi connectivity index (χ0) is 22.8. The molecule has 0 aromatic carbocycles. The van der Waals surface area contributed by atoms with Gasteiger partial charge in [0.25, 0.3) is 0 Å². The minimum atomic E-state index is -3.13. The predicted molar refractivity (Wildman–Crippen MR) is 123 cm³/mol. The molecule has 4 rings (SSSR count). The van der Waals surface area contributed by atoms with Crippen LogP contribution in [0.3, 0.4) is 0 Å². The van der Waals surface area contributed by atoms with Crippen LogP contribution in [0.25, 0.3) is 0 Å². The molecule has 0 amide bonds. The summed E-state index contributed by atoms with van der Waals surface area (Å²) in [6.45, 7) is 9.11. The van der Waals surface area contributed by atoms with Crippen LogP contribution in [0, 0.1) is 11.8 Å². The van der Waals surface area contributed by atoms with Gasteiger partial charge in [-0.05, 0) is 30.9 Å². The highest BCUT2D eigenvalue weighted by molar-refractivity contribution is 7.88. The van der Waals surface area contributed by atoms with E-state index in [-0.39, 0.29) is 0 Å². The highest BCUT2D eigenvalue weighted by atomic mass is 32.2. The van der Waals surface area contributed by atoms with Gasteiger partial charge >= 0.3 is 0 Å². The van der Waals surface area contributed by atoms with Gasteiger partial charge in [-0.3, -0.25) is 4.90 Å². The number of piperazine rings is 1. The Morgan fingerprint density at radius 3 is 2.44 bits per heavy atom. The van der Waals surface area contributed by atoms with Crippen molar-refractivity contribution >= 4 is 22.2 Å². The molecule has 0 radical (unpaired) electrons. The number of aliphatic imine (C=N–C) groups is 1. The number of sulfonamides is 1. The maximum absolute atomic E-state index is 11.7. The lowest BCUT2D eigenvalue weighted by Crippen LogP contribution is -2.60. The largest absolute Gasteiger partial charge is 0.492 e. The van der Waals surface area contributed by atoms with E-state index in [1.807, 2.05) is 12.1 Å². The molecule has 2 saturated heterocycles. The van der Waals surface area contributed by atoms with Gasteiger partial charge in [-0.2, -0.15) is 4.31 Å². The van der Waals surface area contributed by atoms with Crippen molar-refractivity contribution in [3.05, 3.63) is 18.3 Å². The fourth-order valence-electron chi connectivity index (χ4n) is 4.57. The first kappa shape index (κ1) is 23.2. The molecule has 2 fully saturated rings. The molecule has 11 heteroatoms. The van der Waals surface area contributed by atoms with Gasteiger partial charge in [-0.1, -0.05) is 13.8 Å². The summed E-state index contributed by atoms with van der Waals surface area (Å²) in [6, 6.07) is 3.90. The molecule has 0 aliphatic carbocycles. The summed E-state index contributed by atoms with van der Waals surface area (Å²) in [5.41, 5.74) is 3.08. The monoisotopic (exact) mass is 466 g/mol. The Morgan fingerprint density at radius 2 is 1.91 bits per heavy atom. The van der Waals surface area contributed by atoms with Crippen molar-refractivity contribution in [1.82, 2.24) is 19.7 Å².